The summed E-state index contributed by atoms with van der Waals surface area (Å²) in [5, 5.41) is 10.6. The number of halogens is 1. The first kappa shape index (κ1) is 19.3. The number of carbonyl (C=O) groups is 2. The predicted molar refractivity (Wildman–Crippen MR) is 111 cm³/mol. The van der Waals surface area contributed by atoms with Crippen molar-refractivity contribution < 1.29 is 19.1 Å². The van der Waals surface area contributed by atoms with Crippen LogP contribution in [0, 0.1) is 5.82 Å². The van der Waals surface area contributed by atoms with Crippen LogP contribution in [-0.4, -0.2) is 21.8 Å². The maximum atomic E-state index is 13.5. The summed E-state index contributed by atoms with van der Waals surface area (Å²) < 4.78 is 13.5. The van der Waals surface area contributed by atoms with Crippen LogP contribution < -0.4 is 4.90 Å². The maximum absolute atomic E-state index is 13.5. The Balaban J connectivity index is 1.78. The predicted octanol–water partition coefficient (Wildman–Crippen LogP) is 4.40. The maximum Gasteiger partial charge on any atom is 0.295 e. The van der Waals surface area contributed by atoms with E-state index in [-0.39, 0.29) is 11.4 Å². The lowest BCUT2D eigenvalue weighted by Crippen LogP contribution is -2.31. The highest BCUT2D eigenvalue weighted by atomic mass is 19.1. The first-order valence-electron chi connectivity index (χ1n) is 9.27. The largest absolute Gasteiger partial charge is 0.503 e. The summed E-state index contributed by atoms with van der Waals surface area (Å²) >= 11 is 0. The van der Waals surface area contributed by atoms with E-state index in [4.69, 9.17) is 0 Å². The molecule has 1 N–H and O–H groups in total. The van der Waals surface area contributed by atoms with Gasteiger partial charge in [0.25, 0.3) is 5.91 Å². The minimum atomic E-state index is -0.930. The molecule has 0 saturated carbocycles. The lowest BCUT2D eigenvalue weighted by molar-refractivity contribution is -0.117. The molecular formula is C24H17FN2O3. The fourth-order valence-corrected chi connectivity index (χ4v) is 3.38. The van der Waals surface area contributed by atoms with Gasteiger partial charge in [-0.1, -0.05) is 54.6 Å². The highest BCUT2D eigenvalue weighted by Crippen LogP contribution is 2.40. The van der Waals surface area contributed by atoms with E-state index < -0.39 is 29.3 Å². The number of aromatic nitrogens is 1. The average molecular weight is 400 g/mol. The van der Waals surface area contributed by atoms with E-state index in [1.165, 1.54) is 41.4 Å². The number of carbonyl (C=O) groups excluding carboxylic acids is 2. The average Bonchev–Trinajstić information content (AvgIpc) is 3.04. The summed E-state index contributed by atoms with van der Waals surface area (Å²) in [5.41, 5.74) is 1.20. The van der Waals surface area contributed by atoms with Crippen LogP contribution in [-0.2, 0) is 9.59 Å². The van der Waals surface area contributed by atoms with Crippen LogP contribution in [0.25, 0.3) is 6.08 Å². The molecule has 1 aliphatic heterocycles. The van der Waals surface area contributed by atoms with Crippen molar-refractivity contribution in [1.29, 1.82) is 0 Å². The molecule has 1 aliphatic rings. The minimum Gasteiger partial charge on any atom is -0.503 e. The molecule has 2 aromatic carbocycles. The molecule has 2 heterocycles. The molecule has 0 saturated heterocycles. The van der Waals surface area contributed by atoms with E-state index in [1.54, 1.807) is 24.3 Å². The van der Waals surface area contributed by atoms with Crippen LogP contribution in [0.1, 0.15) is 17.2 Å². The normalized spacial score (nSPS) is 16.5. The SMILES string of the molecule is O=C(/C=C/c1ccccc1)C1=C(O)C(=O)N(c2ccccn2)C1c1ccc(F)cc1. The van der Waals surface area contributed by atoms with E-state index in [9.17, 15) is 19.1 Å². The number of ketones is 1. The molecule has 3 aromatic rings. The Hall–Kier alpha value is -4.06. The van der Waals surface area contributed by atoms with Gasteiger partial charge in [0, 0.05) is 6.20 Å². The Kier molecular flexibility index (Phi) is 5.22. The molecule has 0 fully saturated rings. The van der Waals surface area contributed by atoms with Crippen molar-refractivity contribution in [2.24, 2.45) is 0 Å². The number of benzene rings is 2. The summed E-state index contributed by atoms with van der Waals surface area (Å²) in [7, 11) is 0. The van der Waals surface area contributed by atoms with E-state index in [0.717, 1.165) is 5.56 Å². The molecule has 0 spiro atoms. The molecule has 1 amide bonds. The Morgan fingerprint density at radius 2 is 1.70 bits per heavy atom. The summed E-state index contributed by atoms with van der Waals surface area (Å²) in [6.07, 6.45) is 4.43. The fraction of sp³-hybridized carbons (Fsp3) is 0.0417. The quantitative estimate of drug-likeness (QED) is 0.645. The van der Waals surface area contributed by atoms with Gasteiger partial charge in [-0.15, -0.1) is 0 Å². The van der Waals surface area contributed by atoms with Crippen molar-refractivity contribution in [3.8, 4) is 0 Å². The first-order valence-corrected chi connectivity index (χ1v) is 9.27. The monoisotopic (exact) mass is 400 g/mol. The molecule has 148 valence electrons. The number of nitrogens with zero attached hydrogens (tertiary/aromatic N) is 2. The summed E-state index contributed by atoms with van der Waals surface area (Å²) in [5.74, 6) is -2.06. The zero-order chi connectivity index (χ0) is 21.1. The Morgan fingerprint density at radius 1 is 1.00 bits per heavy atom. The van der Waals surface area contributed by atoms with E-state index in [0.29, 0.717) is 5.56 Å². The molecular weight excluding hydrogens is 383 g/mol. The van der Waals surface area contributed by atoms with Crippen molar-refractivity contribution in [3.63, 3.8) is 0 Å². The highest BCUT2D eigenvalue weighted by Gasteiger charge is 2.44. The fourth-order valence-electron chi connectivity index (χ4n) is 3.38. The van der Waals surface area contributed by atoms with E-state index in [1.807, 2.05) is 30.3 Å². The molecule has 1 atom stereocenters. The van der Waals surface area contributed by atoms with Crippen molar-refractivity contribution in [2.45, 2.75) is 6.04 Å². The van der Waals surface area contributed by atoms with Crippen molar-refractivity contribution in [1.82, 2.24) is 4.98 Å². The number of pyridine rings is 1. The molecule has 30 heavy (non-hydrogen) atoms. The van der Waals surface area contributed by atoms with Gasteiger partial charge in [-0.2, -0.15) is 0 Å². The van der Waals surface area contributed by atoms with Gasteiger partial charge in [0.2, 0.25) is 0 Å². The number of hydrogen-bond acceptors (Lipinski definition) is 4. The number of hydrogen-bond donors (Lipinski definition) is 1. The van der Waals surface area contributed by atoms with Crippen LogP contribution in [0.4, 0.5) is 10.2 Å². The van der Waals surface area contributed by atoms with Gasteiger partial charge in [0.1, 0.15) is 11.6 Å². The van der Waals surface area contributed by atoms with Gasteiger partial charge in [-0.05, 0) is 41.5 Å². The minimum absolute atomic E-state index is 0.0792. The Morgan fingerprint density at radius 3 is 2.37 bits per heavy atom. The third-order valence-corrected chi connectivity index (χ3v) is 4.78. The van der Waals surface area contributed by atoms with Gasteiger partial charge in [-0.3, -0.25) is 14.5 Å². The van der Waals surface area contributed by atoms with E-state index in [2.05, 4.69) is 4.98 Å². The lowest BCUT2D eigenvalue weighted by atomic mass is 9.95. The number of allylic oxidation sites excluding steroid dienone is 1. The van der Waals surface area contributed by atoms with Crippen LogP contribution in [0.2, 0.25) is 0 Å². The molecule has 5 nitrogen and oxygen atoms in total. The van der Waals surface area contributed by atoms with Gasteiger partial charge in [0.15, 0.2) is 11.5 Å². The third-order valence-electron chi connectivity index (χ3n) is 4.78. The number of amides is 1. The third kappa shape index (κ3) is 3.63. The Labute approximate surface area is 172 Å². The van der Waals surface area contributed by atoms with Crippen LogP contribution in [0.3, 0.4) is 0 Å². The first-order chi connectivity index (χ1) is 14.6. The standard InChI is InChI=1S/C24H17FN2O3/c25-18-12-10-17(11-13-18)22-21(19(28)14-9-16-6-2-1-3-7-16)23(29)24(30)27(22)20-8-4-5-15-26-20/h1-15,22,29H/b14-9+. The molecule has 6 heteroatoms. The molecule has 4 rings (SSSR count). The summed E-state index contributed by atoms with van der Waals surface area (Å²) in [6.45, 7) is 0. The molecule has 0 bridgehead atoms. The second kappa shape index (κ2) is 8.13. The molecule has 1 unspecified atom stereocenters. The molecule has 1 aromatic heterocycles. The molecule has 0 radical (unpaired) electrons. The lowest BCUT2D eigenvalue weighted by Gasteiger charge is -2.25. The van der Waals surface area contributed by atoms with E-state index >= 15 is 0 Å². The van der Waals surface area contributed by atoms with Gasteiger partial charge < -0.3 is 5.11 Å². The second-order valence-electron chi connectivity index (χ2n) is 6.69. The van der Waals surface area contributed by atoms with Crippen LogP contribution in [0.15, 0.2) is 96.4 Å². The van der Waals surface area contributed by atoms with Crippen molar-refractivity contribution in [2.75, 3.05) is 4.90 Å². The van der Waals surface area contributed by atoms with Crippen molar-refractivity contribution in [3.05, 3.63) is 113 Å². The highest BCUT2D eigenvalue weighted by molar-refractivity contribution is 6.19. The van der Waals surface area contributed by atoms with Gasteiger partial charge in [-0.25, -0.2) is 9.37 Å². The Bertz CT molecular complexity index is 1140. The molecule has 0 aliphatic carbocycles. The number of aliphatic hydroxyl groups is 1. The topological polar surface area (TPSA) is 70.5 Å². The number of anilines is 1. The van der Waals surface area contributed by atoms with Crippen LogP contribution >= 0.6 is 0 Å². The van der Waals surface area contributed by atoms with Gasteiger partial charge >= 0.3 is 0 Å². The zero-order valence-corrected chi connectivity index (χ0v) is 15.8. The number of rotatable bonds is 5. The summed E-state index contributed by atoms with van der Waals surface area (Å²) in [4.78, 5) is 31.3. The smallest absolute Gasteiger partial charge is 0.295 e. The van der Waals surface area contributed by atoms with Crippen molar-refractivity contribution >= 4 is 23.6 Å². The second-order valence-corrected chi connectivity index (χ2v) is 6.69. The van der Waals surface area contributed by atoms with Gasteiger partial charge in [0.05, 0.1) is 11.6 Å². The zero-order valence-electron chi connectivity index (χ0n) is 15.8. The van der Waals surface area contributed by atoms with Crippen LogP contribution in [0.5, 0.6) is 0 Å². The number of aliphatic hydroxyl groups excluding tert-OH is 1. The summed E-state index contributed by atoms with van der Waals surface area (Å²) in [6, 6.07) is 18.7.